The molecule has 0 aliphatic carbocycles. The van der Waals surface area contributed by atoms with Gasteiger partial charge in [-0.25, -0.2) is 4.98 Å². The lowest BCUT2D eigenvalue weighted by molar-refractivity contribution is -0.116. The Morgan fingerprint density at radius 1 is 1.53 bits per heavy atom. The van der Waals surface area contributed by atoms with Gasteiger partial charge in [-0.15, -0.1) is 0 Å². The summed E-state index contributed by atoms with van der Waals surface area (Å²) in [5, 5.41) is 2.80. The third-order valence-corrected chi connectivity index (χ3v) is 2.71. The van der Waals surface area contributed by atoms with E-state index >= 15 is 0 Å². The summed E-state index contributed by atoms with van der Waals surface area (Å²) in [6.07, 6.45) is 4.06. The molecule has 1 unspecified atom stereocenters. The first-order valence-corrected chi connectivity index (χ1v) is 6.04. The Hall–Kier alpha value is -1.42. The molecule has 0 fully saturated rings. The van der Waals surface area contributed by atoms with E-state index in [1.807, 2.05) is 19.1 Å². The topological polar surface area (TPSA) is 68.0 Å². The van der Waals surface area contributed by atoms with Crippen LogP contribution in [0, 0.1) is 12.8 Å². The number of nitrogens with zero attached hydrogens (tertiary/aromatic N) is 1. The van der Waals surface area contributed by atoms with Gasteiger partial charge in [0.1, 0.15) is 5.82 Å². The number of hydrogen-bond acceptors (Lipinski definition) is 3. The molecule has 1 aromatic rings. The molecule has 1 heterocycles. The van der Waals surface area contributed by atoms with Crippen LogP contribution >= 0.6 is 0 Å². The molecule has 0 aliphatic heterocycles. The van der Waals surface area contributed by atoms with Gasteiger partial charge in [0.15, 0.2) is 0 Å². The molecule has 0 saturated carbocycles. The van der Waals surface area contributed by atoms with Crippen LogP contribution in [0.1, 0.15) is 31.7 Å². The predicted octanol–water partition coefficient (Wildman–Crippen LogP) is 2.09. The van der Waals surface area contributed by atoms with E-state index in [0.29, 0.717) is 24.7 Å². The summed E-state index contributed by atoms with van der Waals surface area (Å²) in [6, 6.07) is 3.76. The highest BCUT2D eigenvalue weighted by molar-refractivity contribution is 5.89. The molecule has 0 bridgehead atoms. The number of carbonyl (C=O) groups is 1. The van der Waals surface area contributed by atoms with Gasteiger partial charge >= 0.3 is 0 Å². The van der Waals surface area contributed by atoms with Gasteiger partial charge in [-0.1, -0.05) is 6.92 Å². The van der Waals surface area contributed by atoms with Crippen LogP contribution in [-0.2, 0) is 4.79 Å². The van der Waals surface area contributed by atoms with Gasteiger partial charge < -0.3 is 11.1 Å². The second-order valence-electron chi connectivity index (χ2n) is 4.49. The summed E-state index contributed by atoms with van der Waals surface area (Å²) < 4.78 is 0. The van der Waals surface area contributed by atoms with E-state index in [-0.39, 0.29) is 5.91 Å². The van der Waals surface area contributed by atoms with E-state index in [4.69, 9.17) is 5.73 Å². The van der Waals surface area contributed by atoms with Crippen molar-refractivity contribution in [2.45, 2.75) is 33.1 Å². The van der Waals surface area contributed by atoms with Crippen molar-refractivity contribution >= 4 is 11.7 Å². The van der Waals surface area contributed by atoms with Crippen LogP contribution in [-0.4, -0.2) is 17.4 Å². The molecule has 17 heavy (non-hydrogen) atoms. The number of amides is 1. The van der Waals surface area contributed by atoms with Crippen LogP contribution in [0.3, 0.4) is 0 Å². The Morgan fingerprint density at radius 3 is 2.94 bits per heavy atom. The van der Waals surface area contributed by atoms with Crippen molar-refractivity contribution in [2.24, 2.45) is 11.7 Å². The van der Waals surface area contributed by atoms with Gasteiger partial charge in [0.2, 0.25) is 5.91 Å². The van der Waals surface area contributed by atoms with Gasteiger partial charge in [-0.05, 0) is 49.9 Å². The zero-order valence-corrected chi connectivity index (χ0v) is 10.6. The Kier molecular flexibility index (Phi) is 5.63. The summed E-state index contributed by atoms with van der Waals surface area (Å²) in [7, 11) is 0. The van der Waals surface area contributed by atoms with Gasteiger partial charge in [0.05, 0.1) is 0 Å². The highest BCUT2D eigenvalue weighted by atomic mass is 16.1. The second-order valence-corrected chi connectivity index (χ2v) is 4.49. The summed E-state index contributed by atoms with van der Waals surface area (Å²) >= 11 is 0. The Balaban J connectivity index is 2.34. The molecular weight excluding hydrogens is 214 g/mol. The molecular formula is C13H21N3O. The number of aromatic nitrogens is 1. The first-order chi connectivity index (χ1) is 8.11. The molecule has 0 spiro atoms. The molecule has 1 amide bonds. The molecule has 4 heteroatoms. The first kappa shape index (κ1) is 13.6. The van der Waals surface area contributed by atoms with Crippen LogP contribution in [0.15, 0.2) is 18.3 Å². The number of anilines is 1. The molecule has 3 N–H and O–H groups in total. The van der Waals surface area contributed by atoms with Crippen molar-refractivity contribution in [3.8, 4) is 0 Å². The third-order valence-electron chi connectivity index (χ3n) is 2.71. The lowest BCUT2D eigenvalue weighted by Crippen LogP contribution is -2.14. The maximum absolute atomic E-state index is 11.7. The van der Waals surface area contributed by atoms with E-state index in [0.717, 1.165) is 18.4 Å². The van der Waals surface area contributed by atoms with E-state index in [1.165, 1.54) is 0 Å². The van der Waals surface area contributed by atoms with Gasteiger partial charge in [-0.3, -0.25) is 4.79 Å². The summed E-state index contributed by atoms with van der Waals surface area (Å²) in [4.78, 5) is 15.7. The van der Waals surface area contributed by atoms with E-state index in [2.05, 4.69) is 17.2 Å². The molecule has 0 saturated heterocycles. The second kappa shape index (κ2) is 7.01. The molecule has 1 atom stereocenters. The fourth-order valence-corrected chi connectivity index (χ4v) is 1.62. The van der Waals surface area contributed by atoms with E-state index in [9.17, 15) is 4.79 Å². The van der Waals surface area contributed by atoms with Crippen LogP contribution in [0.25, 0.3) is 0 Å². The average molecular weight is 235 g/mol. The minimum absolute atomic E-state index is 0.0203. The number of carbonyl (C=O) groups excluding carboxylic acids is 1. The first-order valence-electron chi connectivity index (χ1n) is 6.04. The highest BCUT2D eigenvalue weighted by Crippen LogP contribution is 2.11. The van der Waals surface area contributed by atoms with Crippen LogP contribution < -0.4 is 11.1 Å². The zero-order valence-electron chi connectivity index (χ0n) is 10.6. The number of hydrogen-bond donors (Lipinski definition) is 2. The fraction of sp³-hybridized carbons (Fsp3) is 0.538. The van der Waals surface area contributed by atoms with Gasteiger partial charge in [0.25, 0.3) is 0 Å². The Labute approximate surface area is 103 Å². The average Bonchev–Trinajstić information content (AvgIpc) is 2.27. The van der Waals surface area contributed by atoms with Crippen LogP contribution in [0.4, 0.5) is 5.82 Å². The van der Waals surface area contributed by atoms with Crippen molar-refractivity contribution in [1.29, 1.82) is 0 Å². The summed E-state index contributed by atoms with van der Waals surface area (Å²) in [5.41, 5.74) is 6.56. The van der Waals surface area contributed by atoms with E-state index in [1.54, 1.807) is 6.20 Å². The Bertz CT molecular complexity index is 365. The van der Waals surface area contributed by atoms with Crippen molar-refractivity contribution in [1.82, 2.24) is 4.98 Å². The van der Waals surface area contributed by atoms with Gasteiger partial charge in [-0.2, -0.15) is 0 Å². The van der Waals surface area contributed by atoms with Crippen LogP contribution in [0.2, 0.25) is 0 Å². The molecule has 94 valence electrons. The monoisotopic (exact) mass is 235 g/mol. The van der Waals surface area contributed by atoms with Crippen molar-refractivity contribution in [2.75, 3.05) is 11.9 Å². The van der Waals surface area contributed by atoms with Crippen molar-refractivity contribution in [3.63, 3.8) is 0 Å². The molecule has 4 nitrogen and oxygen atoms in total. The smallest absolute Gasteiger partial charge is 0.225 e. The quantitative estimate of drug-likeness (QED) is 0.793. The SMILES string of the molecule is Cc1ccnc(NC(=O)CCC(C)CCN)c1. The lowest BCUT2D eigenvalue weighted by Gasteiger charge is -2.09. The fourth-order valence-electron chi connectivity index (χ4n) is 1.62. The minimum atomic E-state index is 0.0203. The van der Waals surface area contributed by atoms with Crippen molar-refractivity contribution in [3.05, 3.63) is 23.9 Å². The summed E-state index contributed by atoms with van der Waals surface area (Å²) in [6.45, 7) is 4.77. The largest absolute Gasteiger partial charge is 0.330 e. The Morgan fingerprint density at radius 2 is 2.29 bits per heavy atom. The minimum Gasteiger partial charge on any atom is -0.330 e. The van der Waals surface area contributed by atoms with Crippen molar-refractivity contribution < 1.29 is 4.79 Å². The maximum atomic E-state index is 11.7. The summed E-state index contributed by atoms with van der Waals surface area (Å²) in [5.74, 6) is 1.14. The van der Waals surface area contributed by atoms with E-state index < -0.39 is 0 Å². The molecule has 1 aromatic heterocycles. The number of pyridine rings is 1. The molecule has 1 rings (SSSR count). The lowest BCUT2D eigenvalue weighted by atomic mass is 10.0. The third kappa shape index (κ3) is 5.45. The molecule has 0 aliphatic rings. The predicted molar refractivity (Wildman–Crippen MR) is 69.7 cm³/mol. The number of rotatable bonds is 6. The van der Waals surface area contributed by atoms with Crippen LogP contribution in [0.5, 0.6) is 0 Å². The molecule has 0 radical (unpaired) electrons. The van der Waals surface area contributed by atoms with Gasteiger partial charge in [0, 0.05) is 12.6 Å². The maximum Gasteiger partial charge on any atom is 0.225 e. The standard InChI is InChI=1S/C13H21N3O/c1-10(5-7-14)3-4-13(17)16-12-9-11(2)6-8-15-12/h6,8-10H,3-5,7,14H2,1-2H3,(H,15,16,17). The number of aryl methyl sites for hydroxylation is 1. The number of nitrogens with one attached hydrogen (secondary N) is 1. The number of nitrogens with two attached hydrogens (primary N) is 1. The highest BCUT2D eigenvalue weighted by Gasteiger charge is 2.07. The molecule has 0 aromatic carbocycles. The zero-order chi connectivity index (χ0) is 12.7. The normalized spacial score (nSPS) is 12.2.